The fraction of sp³-hybridized carbons (Fsp3) is 1.00. The summed E-state index contributed by atoms with van der Waals surface area (Å²) in [5, 5.41) is 3.50. The highest BCUT2D eigenvalue weighted by Gasteiger charge is 1.89. The lowest BCUT2D eigenvalue weighted by atomic mass is 10.2. The van der Waals surface area contributed by atoms with Crippen LogP contribution >= 0.6 is 0 Å². The van der Waals surface area contributed by atoms with Crippen molar-refractivity contribution in [1.29, 1.82) is 0 Å². The Balaban J connectivity index is 0. The first-order valence-electron chi connectivity index (χ1n) is 6.12. The van der Waals surface area contributed by atoms with Crippen molar-refractivity contribution in [2.24, 2.45) is 0 Å². The third-order valence-corrected chi connectivity index (χ3v) is 2.41. The molecule has 14 heavy (non-hydrogen) atoms. The maximum absolute atomic E-state index is 3.50. The van der Waals surface area contributed by atoms with Crippen molar-refractivity contribution in [2.75, 3.05) is 13.1 Å². The summed E-state index contributed by atoms with van der Waals surface area (Å²) in [7, 11) is 0. The zero-order valence-electron chi connectivity index (χ0n) is 9.57. The van der Waals surface area contributed by atoms with E-state index in [9.17, 15) is 0 Å². The van der Waals surface area contributed by atoms with E-state index in [0.717, 1.165) is 0 Å². The van der Waals surface area contributed by atoms with Gasteiger partial charge in [-0.15, -0.1) is 0 Å². The van der Waals surface area contributed by atoms with Crippen LogP contribution in [0.2, 0.25) is 0 Å². The number of hydrogen-bond acceptors (Lipinski definition) is 1. The van der Waals surface area contributed by atoms with Crippen molar-refractivity contribution in [1.82, 2.24) is 5.32 Å². The van der Waals surface area contributed by atoms with Gasteiger partial charge in [0, 0.05) is 0 Å². The van der Waals surface area contributed by atoms with Gasteiger partial charge >= 0.3 is 0 Å². The molecule has 0 saturated heterocycles. The summed E-state index contributed by atoms with van der Waals surface area (Å²) in [5.74, 6) is 0. The molecule has 0 bridgehead atoms. The largest absolute Gasteiger partial charge is 0.317 e. The highest BCUT2D eigenvalue weighted by Crippen LogP contribution is 1.98. The molecule has 2 heteroatoms. The maximum atomic E-state index is 3.50. The molecule has 0 fully saturated rings. The highest BCUT2D eigenvalue weighted by molar-refractivity contribution is 5.75. The van der Waals surface area contributed by atoms with Crippen LogP contribution in [-0.4, -0.2) is 30.5 Å². The lowest BCUT2D eigenvalue weighted by molar-refractivity contribution is 0.564. The van der Waals surface area contributed by atoms with Crippen LogP contribution in [-0.2, 0) is 0 Å². The standard InChI is InChI=1S/C12H27N.Al.3H/c1-3-5-7-9-11-13-12-10-8-6-4-2;;;;/h13H,3-12H2,1-2H3;;;;. The molecule has 0 saturated carbocycles. The van der Waals surface area contributed by atoms with E-state index in [1.807, 2.05) is 0 Å². The van der Waals surface area contributed by atoms with Crippen LogP contribution in [0.15, 0.2) is 0 Å². The fourth-order valence-electron chi connectivity index (χ4n) is 1.48. The molecule has 0 amide bonds. The summed E-state index contributed by atoms with van der Waals surface area (Å²) < 4.78 is 0. The summed E-state index contributed by atoms with van der Waals surface area (Å²) in [6.45, 7) is 6.98. The van der Waals surface area contributed by atoms with Crippen LogP contribution in [0, 0.1) is 0 Å². The van der Waals surface area contributed by atoms with E-state index < -0.39 is 0 Å². The van der Waals surface area contributed by atoms with Gasteiger partial charge in [0.15, 0.2) is 17.4 Å². The minimum absolute atomic E-state index is 0. The average molecular weight is 215 g/mol. The van der Waals surface area contributed by atoms with E-state index >= 15 is 0 Å². The fourth-order valence-corrected chi connectivity index (χ4v) is 1.48. The summed E-state index contributed by atoms with van der Waals surface area (Å²) >= 11 is 0. The van der Waals surface area contributed by atoms with E-state index in [0.29, 0.717) is 0 Å². The number of nitrogens with one attached hydrogen (secondary N) is 1. The lowest BCUT2D eigenvalue weighted by Crippen LogP contribution is -2.16. The summed E-state index contributed by atoms with van der Waals surface area (Å²) in [4.78, 5) is 0. The molecule has 86 valence electrons. The molecule has 0 unspecified atom stereocenters. The monoisotopic (exact) mass is 215 g/mol. The zero-order chi connectivity index (χ0) is 9.78. The molecule has 0 aromatic heterocycles. The molecule has 1 N–H and O–H groups in total. The van der Waals surface area contributed by atoms with Gasteiger partial charge < -0.3 is 5.32 Å². The van der Waals surface area contributed by atoms with E-state index in [4.69, 9.17) is 0 Å². The molecule has 0 aliphatic heterocycles. The van der Waals surface area contributed by atoms with Crippen molar-refractivity contribution in [3.63, 3.8) is 0 Å². The van der Waals surface area contributed by atoms with Crippen LogP contribution in [0.4, 0.5) is 0 Å². The first-order valence-corrected chi connectivity index (χ1v) is 6.12. The second kappa shape index (κ2) is 15.9. The maximum Gasteiger partial charge on any atom is 0.187 e. The Labute approximate surface area is 101 Å². The van der Waals surface area contributed by atoms with Crippen molar-refractivity contribution in [3.8, 4) is 0 Å². The second-order valence-electron chi connectivity index (χ2n) is 3.87. The van der Waals surface area contributed by atoms with Crippen molar-refractivity contribution < 1.29 is 0 Å². The molecular formula is C12H30AlN. The first-order chi connectivity index (χ1) is 6.41. The van der Waals surface area contributed by atoms with Crippen molar-refractivity contribution >= 4 is 17.4 Å². The molecule has 0 aliphatic carbocycles. The van der Waals surface area contributed by atoms with E-state index in [2.05, 4.69) is 19.2 Å². The number of unbranched alkanes of at least 4 members (excludes halogenated alkanes) is 6. The van der Waals surface area contributed by atoms with Gasteiger partial charge in [-0.2, -0.15) is 0 Å². The van der Waals surface area contributed by atoms with Crippen molar-refractivity contribution in [2.45, 2.75) is 65.2 Å². The predicted octanol–water partition coefficient (Wildman–Crippen LogP) is 2.55. The average Bonchev–Trinajstić information content (AvgIpc) is 2.16. The van der Waals surface area contributed by atoms with Crippen LogP contribution in [0.25, 0.3) is 0 Å². The smallest absolute Gasteiger partial charge is 0.187 e. The Hall–Kier alpha value is 0.492. The van der Waals surface area contributed by atoms with Gasteiger partial charge in [-0.05, 0) is 25.9 Å². The molecule has 0 aromatic carbocycles. The number of hydrogen-bond donors (Lipinski definition) is 1. The predicted molar refractivity (Wildman–Crippen MR) is 71.1 cm³/mol. The minimum Gasteiger partial charge on any atom is -0.317 e. The zero-order valence-corrected chi connectivity index (χ0v) is 9.57. The van der Waals surface area contributed by atoms with Gasteiger partial charge in [0.2, 0.25) is 0 Å². The van der Waals surface area contributed by atoms with Gasteiger partial charge in [-0.3, -0.25) is 0 Å². The summed E-state index contributed by atoms with van der Waals surface area (Å²) in [5.41, 5.74) is 0. The molecule has 0 aromatic rings. The Morgan fingerprint density at radius 3 is 1.43 bits per heavy atom. The van der Waals surface area contributed by atoms with Gasteiger partial charge in [0.25, 0.3) is 0 Å². The van der Waals surface area contributed by atoms with E-state index in [-0.39, 0.29) is 17.4 Å². The van der Waals surface area contributed by atoms with Crippen LogP contribution in [0.3, 0.4) is 0 Å². The molecule has 0 radical (unpaired) electrons. The van der Waals surface area contributed by atoms with E-state index in [1.165, 1.54) is 64.5 Å². The van der Waals surface area contributed by atoms with Crippen molar-refractivity contribution in [3.05, 3.63) is 0 Å². The van der Waals surface area contributed by atoms with E-state index in [1.54, 1.807) is 0 Å². The minimum atomic E-state index is 0. The van der Waals surface area contributed by atoms with Crippen LogP contribution in [0.1, 0.15) is 65.2 Å². The molecule has 0 atom stereocenters. The molecule has 0 heterocycles. The van der Waals surface area contributed by atoms with Gasteiger partial charge in [0.05, 0.1) is 0 Å². The molecule has 0 spiro atoms. The Kier molecular flexibility index (Phi) is 19.3. The topological polar surface area (TPSA) is 12.0 Å². The third kappa shape index (κ3) is 15.0. The number of rotatable bonds is 10. The first kappa shape index (κ1) is 16.9. The Morgan fingerprint density at radius 2 is 1.07 bits per heavy atom. The van der Waals surface area contributed by atoms with Gasteiger partial charge in [-0.1, -0.05) is 52.4 Å². The molecule has 1 nitrogen and oxygen atoms in total. The highest BCUT2D eigenvalue weighted by atomic mass is 27.0. The summed E-state index contributed by atoms with van der Waals surface area (Å²) in [6.07, 6.45) is 11.0. The SMILES string of the molecule is CCCCCCNCCCCCC.[AlH3]. The van der Waals surface area contributed by atoms with Gasteiger partial charge in [0.1, 0.15) is 0 Å². The molecule has 0 rings (SSSR count). The second-order valence-corrected chi connectivity index (χ2v) is 3.87. The van der Waals surface area contributed by atoms with Crippen LogP contribution < -0.4 is 5.32 Å². The van der Waals surface area contributed by atoms with Gasteiger partial charge in [-0.25, -0.2) is 0 Å². The van der Waals surface area contributed by atoms with Crippen LogP contribution in [0.5, 0.6) is 0 Å². The summed E-state index contributed by atoms with van der Waals surface area (Å²) in [6, 6.07) is 0. The lowest BCUT2D eigenvalue weighted by Gasteiger charge is -2.03. The Morgan fingerprint density at radius 1 is 0.643 bits per heavy atom. The molecular weight excluding hydrogens is 185 g/mol. The third-order valence-electron chi connectivity index (χ3n) is 2.41. The quantitative estimate of drug-likeness (QED) is 0.436. The Bertz CT molecular complexity index is 76.4. The molecule has 0 aliphatic rings. The normalized spacial score (nSPS) is 9.86.